The minimum absolute atomic E-state index is 0.125. The van der Waals surface area contributed by atoms with Crippen molar-refractivity contribution in [3.63, 3.8) is 0 Å². The van der Waals surface area contributed by atoms with E-state index in [1.54, 1.807) is 14.2 Å². The van der Waals surface area contributed by atoms with E-state index in [2.05, 4.69) is 31.2 Å². The van der Waals surface area contributed by atoms with Crippen LogP contribution in [0.4, 0.5) is 0 Å². The van der Waals surface area contributed by atoms with Crippen LogP contribution >= 0.6 is 0 Å². The molecule has 0 amide bonds. The summed E-state index contributed by atoms with van der Waals surface area (Å²) in [5.74, 6) is 3.99. The minimum atomic E-state index is 0.125. The lowest BCUT2D eigenvalue weighted by molar-refractivity contribution is -0.0553. The Kier molecular flexibility index (Phi) is 3.87. The molecule has 0 N–H and O–H groups in total. The maximum Gasteiger partial charge on any atom is 0.119 e. The van der Waals surface area contributed by atoms with Gasteiger partial charge in [0.2, 0.25) is 0 Å². The number of methoxy groups -OCH3 is 3. The van der Waals surface area contributed by atoms with E-state index < -0.39 is 0 Å². The second-order valence-electron chi connectivity index (χ2n) is 7.80. The monoisotopic (exact) mass is 328 g/mol. The van der Waals surface area contributed by atoms with E-state index in [1.807, 2.05) is 7.11 Å². The number of rotatable bonds is 3. The third-order valence-corrected chi connectivity index (χ3v) is 6.91. The summed E-state index contributed by atoms with van der Waals surface area (Å²) in [4.78, 5) is 0. The van der Waals surface area contributed by atoms with Gasteiger partial charge in [0.25, 0.3) is 0 Å². The molecule has 3 aliphatic rings. The van der Waals surface area contributed by atoms with Gasteiger partial charge in [-0.1, -0.05) is 13.0 Å². The van der Waals surface area contributed by atoms with Gasteiger partial charge in [0.15, 0.2) is 0 Å². The summed E-state index contributed by atoms with van der Waals surface area (Å²) in [5.41, 5.74) is 3.09. The summed E-state index contributed by atoms with van der Waals surface area (Å²) in [7, 11) is 5.38. The highest BCUT2D eigenvalue weighted by molar-refractivity contribution is 5.47. The van der Waals surface area contributed by atoms with Gasteiger partial charge in [-0.05, 0) is 60.4 Å². The molecule has 2 bridgehead atoms. The van der Waals surface area contributed by atoms with Crippen molar-refractivity contribution in [2.24, 2.45) is 17.8 Å². The summed E-state index contributed by atoms with van der Waals surface area (Å²) >= 11 is 0. The molecule has 24 heavy (non-hydrogen) atoms. The summed E-state index contributed by atoms with van der Waals surface area (Å²) in [5, 5.41) is 0. The van der Waals surface area contributed by atoms with E-state index in [4.69, 9.17) is 14.2 Å². The third kappa shape index (κ3) is 2.13. The first-order chi connectivity index (χ1) is 11.6. The van der Waals surface area contributed by atoms with E-state index in [0.717, 1.165) is 30.3 Å². The molecule has 3 nitrogen and oxygen atoms in total. The first-order valence-corrected chi connectivity index (χ1v) is 9.08. The number of fused-ring (bicyclic) bond motifs is 1. The second kappa shape index (κ2) is 5.80. The zero-order chi connectivity index (χ0) is 16.9. The standard InChI is InChI=1S/C21H28O3/c1-13-7-8-21-12-16(23-3)11-19(24-4)20(21)17(13)9-14-5-6-15(22-2)10-18(14)21/h5-6,10-11,13,17,19-20H,7-9,12H2,1-4H3/t13-,17?,19?,20?,21-/m0/s1. The molecule has 0 aliphatic heterocycles. The molecular weight excluding hydrogens is 300 g/mol. The van der Waals surface area contributed by atoms with Crippen LogP contribution in [0, 0.1) is 17.8 Å². The van der Waals surface area contributed by atoms with E-state index >= 15 is 0 Å². The van der Waals surface area contributed by atoms with E-state index in [0.29, 0.717) is 11.8 Å². The molecule has 0 radical (unpaired) electrons. The molecule has 1 saturated carbocycles. The summed E-state index contributed by atoms with van der Waals surface area (Å²) in [6, 6.07) is 6.67. The van der Waals surface area contributed by atoms with Gasteiger partial charge in [0, 0.05) is 24.9 Å². The Morgan fingerprint density at radius 2 is 1.96 bits per heavy atom. The fourth-order valence-corrected chi connectivity index (χ4v) is 5.72. The summed E-state index contributed by atoms with van der Waals surface area (Å²) in [6.07, 6.45) is 6.99. The van der Waals surface area contributed by atoms with E-state index in [1.165, 1.54) is 24.0 Å². The van der Waals surface area contributed by atoms with Crippen molar-refractivity contribution in [2.45, 2.75) is 44.1 Å². The molecule has 130 valence electrons. The average Bonchev–Trinajstić information content (AvgIpc) is 2.63. The van der Waals surface area contributed by atoms with Crippen LogP contribution in [0.5, 0.6) is 5.75 Å². The molecule has 0 spiro atoms. The molecule has 0 saturated heterocycles. The van der Waals surface area contributed by atoms with Crippen molar-refractivity contribution >= 4 is 0 Å². The van der Waals surface area contributed by atoms with Crippen LogP contribution in [-0.4, -0.2) is 27.4 Å². The lowest BCUT2D eigenvalue weighted by Crippen LogP contribution is -2.56. The largest absolute Gasteiger partial charge is 0.501 e. The van der Waals surface area contributed by atoms with Crippen molar-refractivity contribution in [3.05, 3.63) is 41.2 Å². The number of ether oxygens (including phenoxy) is 3. The van der Waals surface area contributed by atoms with Gasteiger partial charge in [-0.25, -0.2) is 0 Å². The summed E-state index contributed by atoms with van der Waals surface area (Å²) in [6.45, 7) is 2.42. The first kappa shape index (κ1) is 16.0. The number of allylic oxidation sites excluding steroid dienone is 1. The molecule has 0 aromatic heterocycles. The highest BCUT2D eigenvalue weighted by atomic mass is 16.5. The molecule has 5 atom stereocenters. The van der Waals surface area contributed by atoms with Crippen molar-refractivity contribution in [3.8, 4) is 5.75 Å². The van der Waals surface area contributed by atoms with Crippen molar-refractivity contribution in [2.75, 3.05) is 21.3 Å². The Labute approximate surface area is 145 Å². The Morgan fingerprint density at radius 3 is 2.67 bits per heavy atom. The molecule has 4 rings (SSSR count). The lowest BCUT2D eigenvalue weighted by Gasteiger charge is -2.58. The zero-order valence-electron chi connectivity index (χ0n) is 15.2. The molecular formula is C21H28O3. The Hall–Kier alpha value is -1.48. The quantitative estimate of drug-likeness (QED) is 0.836. The van der Waals surface area contributed by atoms with Crippen LogP contribution in [0.25, 0.3) is 0 Å². The van der Waals surface area contributed by atoms with Gasteiger partial charge >= 0.3 is 0 Å². The van der Waals surface area contributed by atoms with Crippen LogP contribution in [0.1, 0.15) is 37.3 Å². The molecule has 1 aromatic carbocycles. The van der Waals surface area contributed by atoms with Crippen molar-refractivity contribution in [1.82, 2.24) is 0 Å². The fraction of sp³-hybridized carbons (Fsp3) is 0.619. The summed E-state index contributed by atoms with van der Waals surface area (Å²) < 4.78 is 17.2. The maximum absolute atomic E-state index is 5.96. The van der Waals surface area contributed by atoms with Gasteiger partial charge in [0.1, 0.15) is 5.75 Å². The number of benzene rings is 1. The van der Waals surface area contributed by atoms with E-state index in [9.17, 15) is 0 Å². The van der Waals surface area contributed by atoms with Crippen LogP contribution in [0.2, 0.25) is 0 Å². The molecule has 1 aromatic rings. The predicted octanol–water partition coefficient (Wildman–Crippen LogP) is 4.10. The first-order valence-electron chi connectivity index (χ1n) is 9.08. The van der Waals surface area contributed by atoms with Gasteiger partial charge in [-0.15, -0.1) is 0 Å². The van der Waals surface area contributed by atoms with Gasteiger partial charge in [-0.3, -0.25) is 0 Å². The number of hydrogen-bond acceptors (Lipinski definition) is 3. The normalized spacial score (nSPS) is 37.1. The van der Waals surface area contributed by atoms with E-state index in [-0.39, 0.29) is 11.5 Å². The second-order valence-corrected chi connectivity index (χ2v) is 7.80. The van der Waals surface area contributed by atoms with Crippen LogP contribution < -0.4 is 4.74 Å². The van der Waals surface area contributed by atoms with Gasteiger partial charge in [-0.2, -0.15) is 0 Å². The molecule has 3 unspecified atom stereocenters. The average molecular weight is 328 g/mol. The smallest absolute Gasteiger partial charge is 0.119 e. The Morgan fingerprint density at radius 1 is 1.12 bits per heavy atom. The molecule has 1 fully saturated rings. The molecule has 3 aliphatic carbocycles. The van der Waals surface area contributed by atoms with Crippen molar-refractivity contribution < 1.29 is 14.2 Å². The minimum Gasteiger partial charge on any atom is -0.501 e. The lowest BCUT2D eigenvalue weighted by atomic mass is 9.47. The molecule has 3 heteroatoms. The van der Waals surface area contributed by atoms with Crippen molar-refractivity contribution in [1.29, 1.82) is 0 Å². The Balaban J connectivity index is 1.92. The zero-order valence-corrected chi connectivity index (χ0v) is 15.2. The van der Waals surface area contributed by atoms with Crippen LogP contribution in [0.15, 0.2) is 30.0 Å². The third-order valence-electron chi connectivity index (χ3n) is 6.91. The highest BCUT2D eigenvalue weighted by Crippen LogP contribution is 2.60. The van der Waals surface area contributed by atoms with Crippen LogP contribution in [0.3, 0.4) is 0 Å². The van der Waals surface area contributed by atoms with Crippen LogP contribution in [-0.2, 0) is 21.3 Å². The highest BCUT2D eigenvalue weighted by Gasteiger charge is 2.57. The Bertz CT molecular complexity index is 665. The van der Waals surface area contributed by atoms with Gasteiger partial charge < -0.3 is 14.2 Å². The molecule has 0 heterocycles. The topological polar surface area (TPSA) is 27.7 Å². The SMILES string of the molecule is COC1=CC(OC)C2C3Cc4ccc(OC)cc4[C@]2(CC[C@@H]3C)C1. The van der Waals surface area contributed by atoms with Gasteiger partial charge in [0.05, 0.1) is 26.1 Å². The maximum atomic E-state index is 5.96. The predicted molar refractivity (Wildman–Crippen MR) is 94.3 cm³/mol. The fourth-order valence-electron chi connectivity index (χ4n) is 5.72. The number of hydrogen-bond donors (Lipinski definition) is 0.